The van der Waals surface area contributed by atoms with Gasteiger partial charge in [-0.05, 0) is 42.4 Å². The molecular weight excluding hydrogens is 429 g/mol. The molecular formula is C24H30FN3O3S. The quantitative estimate of drug-likeness (QED) is 0.486. The minimum Gasteiger partial charge on any atom is -0.466 e. The van der Waals surface area contributed by atoms with E-state index in [4.69, 9.17) is 9.73 Å². The first-order chi connectivity index (χ1) is 15.4. The first-order valence-corrected chi connectivity index (χ1v) is 11.9. The average Bonchev–Trinajstić information content (AvgIpc) is 3.19. The smallest absolute Gasteiger partial charge is 0.338 e. The zero-order valence-corrected chi connectivity index (χ0v) is 19.9. The van der Waals surface area contributed by atoms with Crippen molar-refractivity contribution in [1.82, 2.24) is 9.80 Å². The minimum absolute atomic E-state index is 0.0321. The number of amides is 1. The van der Waals surface area contributed by atoms with E-state index in [9.17, 15) is 14.0 Å². The molecule has 1 aromatic carbocycles. The molecule has 0 spiro atoms. The second-order valence-electron chi connectivity index (χ2n) is 7.71. The molecule has 0 unspecified atom stereocenters. The second kappa shape index (κ2) is 10.8. The Balaban J connectivity index is 2.03. The Bertz CT molecular complexity index is 967. The van der Waals surface area contributed by atoms with E-state index >= 15 is 0 Å². The van der Waals surface area contributed by atoms with Crippen molar-refractivity contribution in [2.45, 2.75) is 52.5 Å². The van der Waals surface area contributed by atoms with Crippen LogP contribution < -0.4 is 0 Å². The molecule has 32 heavy (non-hydrogen) atoms. The molecule has 0 bridgehead atoms. The van der Waals surface area contributed by atoms with Gasteiger partial charge >= 0.3 is 5.97 Å². The van der Waals surface area contributed by atoms with Gasteiger partial charge in [-0.3, -0.25) is 4.79 Å². The van der Waals surface area contributed by atoms with Crippen LogP contribution >= 0.6 is 11.8 Å². The third-order valence-electron chi connectivity index (χ3n) is 5.47. The number of hydrogen-bond acceptors (Lipinski definition) is 6. The number of thioether (sulfide) groups is 1. The molecule has 2 aliphatic rings. The number of methoxy groups -OCH3 is 1. The molecule has 0 aromatic heterocycles. The van der Waals surface area contributed by atoms with E-state index in [1.165, 1.54) is 31.0 Å². The molecule has 2 aliphatic heterocycles. The molecule has 0 saturated carbocycles. The number of hydrogen-bond donors (Lipinski definition) is 0. The van der Waals surface area contributed by atoms with Crippen LogP contribution in [-0.2, 0) is 14.3 Å². The van der Waals surface area contributed by atoms with E-state index in [2.05, 4.69) is 13.8 Å². The van der Waals surface area contributed by atoms with Crippen molar-refractivity contribution in [2.24, 2.45) is 4.99 Å². The van der Waals surface area contributed by atoms with Crippen LogP contribution in [0, 0.1) is 5.82 Å². The molecule has 8 heteroatoms. The van der Waals surface area contributed by atoms with Crippen LogP contribution in [0.1, 0.15) is 58.1 Å². The average molecular weight is 460 g/mol. The van der Waals surface area contributed by atoms with E-state index in [1.54, 1.807) is 12.1 Å². The van der Waals surface area contributed by atoms with Gasteiger partial charge in [0.2, 0.25) is 5.91 Å². The van der Waals surface area contributed by atoms with Crippen LogP contribution in [0.2, 0.25) is 0 Å². The van der Waals surface area contributed by atoms with E-state index < -0.39 is 12.0 Å². The summed E-state index contributed by atoms with van der Waals surface area (Å²) >= 11 is 1.42. The van der Waals surface area contributed by atoms with Gasteiger partial charge in [0.15, 0.2) is 5.17 Å². The van der Waals surface area contributed by atoms with E-state index in [0.717, 1.165) is 18.5 Å². The van der Waals surface area contributed by atoms with E-state index in [1.807, 2.05) is 22.1 Å². The van der Waals surface area contributed by atoms with Crippen molar-refractivity contribution in [3.05, 3.63) is 58.0 Å². The van der Waals surface area contributed by atoms with Gasteiger partial charge in [-0.2, -0.15) is 0 Å². The lowest BCUT2D eigenvalue weighted by Crippen LogP contribution is -2.39. The maximum atomic E-state index is 14.2. The summed E-state index contributed by atoms with van der Waals surface area (Å²) in [5, 5.41) is 2.59. The Hall–Kier alpha value is -2.61. The second-order valence-corrected chi connectivity index (χ2v) is 8.55. The number of fused-ring (bicyclic) bond motifs is 1. The maximum Gasteiger partial charge on any atom is 0.338 e. The first-order valence-electron chi connectivity index (χ1n) is 11.0. The number of halogens is 1. The summed E-state index contributed by atoms with van der Waals surface area (Å²) in [6, 6.07) is 5.59. The van der Waals surface area contributed by atoms with Crippen LogP contribution in [0.4, 0.5) is 4.39 Å². The number of allylic oxidation sites excluding steroid dienone is 1. The summed E-state index contributed by atoms with van der Waals surface area (Å²) in [5.74, 6) is -0.857. The molecule has 0 N–H and O–H groups in total. The summed E-state index contributed by atoms with van der Waals surface area (Å²) in [5.41, 5.74) is 2.36. The highest BCUT2D eigenvalue weighted by Gasteiger charge is 2.41. The van der Waals surface area contributed by atoms with Crippen molar-refractivity contribution < 1.29 is 18.7 Å². The van der Waals surface area contributed by atoms with Gasteiger partial charge in [0, 0.05) is 18.8 Å². The van der Waals surface area contributed by atoms with Gasteiger partial charge in [0.25, 0.3) is 0 Å². The van der Waals surface area contributed by atoms with Crippen molar-refractivity contribution in [3.63, 3.8) is 0 Å². The van der Waals surface area contributed by atoms with Crippen LogP contribution in [0.5, 0.6) is 0 Å². The first kappa shape index (κ1) is 24.0. The Labute approximate surface area is 193 Å². The maximum absolute atomic E-state index is 14.2. The zero-order chi connectivity index (χ0) is 23.3. The third-order valence-corrected chi connectivity index (χ3v) is 6.35. The third kappa shape index (κ3) is 4.90. The summed E-state index contributed by atoms with van der Waals surface area (Å²) < 4.78 is 19.3. The highest BCUT2D eigenvalue weighted by Crippen LogP contribution is 2.45. The largest absolute Gasteiger partial charge is 0.466 e. The van der Waals surface area contributed by atoms with Crippen LogP contribution in [0.3, 0.4) is 0 Å². The van der Waals surface area contributed by atoms with Gasteiger partial charge in [0.1, 0.15) is 5.82 Å². The highest BCUT2D eigenvalue weighted by atomic mass is 32.2. The summed E-state index contributed by atoms with van der Waals surface area (Å²) in [7, 11) is 1.33. The predicted molar refractivity (Wildman–Crippen MR) is 125 cm³/mol. The lowest BCUT2D eigenvalue weighted by molar-refractivity contribution is -0.136. The molecule has 3 rings (SSSR count). The predicted octanol–water partition coefficient (Wildman–Crippen LogP) is 5.00. The number of benzene rings is 1. The number of carbonyl (C=O) groups excluding carboxylic acids is 2. The Morgan fingerprint density at radius 3 is 2.53 bits per heavy atom. The number of esters is 1. The summed E-state index contributed by atoms with van der Waals surface area (Å²) in [6.45, 7) is 7.43. The van der Waals surface area contributed by atoms with Gasteiger partial charge in [0.05, 0.1) is 30.8 Å². The molecule has 6 nitrogen and oxygen atoms in total. The lowest BCUT2D eigenvalue weighted by atomic mass is 9.92. The molecule has 0 saturated heterocycles. The number of amidine groups is 1. The Morgan fingerprint density at radius 1 is 1.22 bits per heavy atom. The van der Waals surface area contributed by atoms with Crippen LogP contribution in [-0.4, -0.2) is 47.0 Å². The fraction of sp³-hybridized carbons (Fsp3) is 0.458. The van der Waals surface area contributed by atoms with Crippen LogP contribution in [0.15, 0.2) is 51.6 Å². The number of aliphatic imine (C=N–C) groups is 1. The van der Waals surface area contributed by atoms with Crippen molar-refractivity contribution >= 4 is 28.8 Å². The monoisotopic (exact) mass is 459 g/mol. The molecule has 2 heterocycles. The van der Waals surface area contributed by atoms with Crippen molar-refractivity contribution in [1.29, 1.82) is 0 Å². The van der Waals surface area contributed by atoms with Gasteiger partial charge in [-0.15, -0.1) is 0 Å². The molecule has 1 amide bonds. The fourth-order valence-electron chi connectivity index (χ4n) is 4.07. The summed E-state index contributed by atoms with van der Waals surface area (Å²) in [6.07, 6.45) is 2.49. The number of nitrogens with zero attached hydrogens (tertiary/aromatic N) is 3. The number of rotatable bonds is 9. The molecule has 0 radical (unpaired) electrons. The van der Waals surface area contributed by atoms with Gasteiger partial charge in [-0.1, -0.05) is 44.7 Å². The summed E-state index contributed by atoms with van der Waals surface area (Å²) in [4.78, 5) is 34.4. The van der Waals surface area contributed by atoms with E-state index in [0.29, 0.717) is 41.5 Å². The molecule has 1 aromatic rings. The number of carbonyl (C=O) groups is 2. The Morgan fingerprint density at radius 2 is 1.94 bits per heavy atom. The van der Waals surface area contributed by atoms with Crippen molar-refractivity contribution in [2.75, 3.05) is 20.2 Å². The zero-order valence-electron chi connectivity index (χ0n) is 19.1. The Kier molecular flexibility index (Phi) is 8.12. The van der Waals surface area contributed by atoms with Crippen molar-refractivity contribution in [3.8, 4) is 0 Å². The normalized spacial score (nSPS) is 17.7. The molecule has 172 valence electrons. The minimum atomic E-state index is -0.611. The van der Waals surface area contributed by atoms with Gasteiger partial charge in [-0.25, -0.2) is 14.2 Å². The number of ether oxygens (including phenoxy) is 1. The molecule has 0 aliphatic carbocycles. The van der Waals surface area contributed by atoms with Gasteiger partial charge < -0.3 is 14.5 Å². The molecule has 0 fully saturated rings. The standard InChI is InChI=1S/C24H30FN3O3S/c1-5-11-27(12-6-2)20(29)14-18-15-32-24-26-19(7-3)21(23(30)31-4)22(28(18)24)16-9-8-10-17(25)13-16/h8-10,13,15,22H,5-7,11-12,14H2,1-4H3/t22-/m0/s1. The highest BCUT2D eigenvalue weighted by molar-refractivity contribution is 8.16. The topological polar surface area (TPSA) is 62.2 Å². The van der Waals surface area contributed by atoms with Crippen LogP contribution in [0.25, 0.3) is 0 Å². The molecule has 1 atom stereocenters. The fourth-order valence-corrected chi connectivity index (χ4v) is 5.01. The lowest BCUT2D eigenvalue weighted by Gasteiger charge is -2.37. The van der Waals surface area contributed by atoms with E-state index in [-0.39, 0.29) is 18.1 Å². The SMILES string of the molecule is CCCN(CCC)C(=O)CC1=CSC2=NC(CC)=C(C(=O)OC)[C@H](c3cccc(F)c3)N12.